The van der Waals surface area contributed by atoms with Gasteiger partial charge in [-0.05, 0) is 13.8 Å². The van der Waals surface area contributed by atoms with Crippen molar-refractivity contribution in [1.82, 2.24) is 31.9 Å². The Labute approximate surface area is 842 Å². The summed E-state index contributed by atoms with van der Waals surface area (Å²) in [7, 11) is -0.201. The molecule has 0 aromatic rings. The second kappa shape index (κ2) is 53.4. The summed E-state index contributed by atoms with van der Waals surface area (Å²) >= 11 is 0. The van der Waals surface area contributed by atoms with Gasteiger partial charge in [0.1, 0.15) is 269 Å². The van der Waals surface area contributed by atoms with Gasteiger partial charge in [0.05, 0.1) is 92.8 Å². The van der Waals surface area contributed by atoms with Gasteiger partial charge in [-0.15, -0.1) is 0 Å². The van der Waals surface area contributed by atoms with Crippen LogP contribution in [0.2, 0.25) is 0 Å². The molecule has 148 heavy (non-hydrogen) atoms. The fraction of sp³-hybridized carbons (Fsp3) is 0.928. The lowest BCUT2D eigenvalue weighted by atomic mass is 9.93. The first-order valence-electron chi connectivity index (χ1n) is 47.5. The number of nitrogens with one attached hydrogen (secondary N) is 6. The molecule has 0 saturated carbocycles. The van der Waals surface area contributed by atoms with Crippen LogP contribution in [0, 0.1) is 0 Å². The first-order valence-corrected chi connectivity index (χ1v) is 49.0. The zero-order valence-corrected chi connectivity index (χ0v) is 82.6. The second-order valence-corrected chi connectivity index (χ2v) is 40.1. The summed E-state index contributed by atoms with van der Waals surface area (Å²) in [6, 6.07) is -11.8. The molecule has 0 aliphatic carbocycles. The van der Waals surface area contributed by atoms with Gasteiger partial charge in [0, 0.05) is 41.5 Å². The van der Waals surface area contributed by atoms with E-state index in [1.54, 1.807) is 21.1 Å². The molecule has 0 bridgehead atoms. The summed E-state index contributed by atoms with van der Waals surface area (Å²) < 4.78 is 153. The van der Waals surface area contributed by atoms with E-state index in [4.69, 9.17) is 109 Å². The number of carbonyl (C=O) groups excluding carboxylic acids is 6. The van der Waals surface area contributed by atoms with Gasteiger partial charge < -0.3 is 274 Å². The van der Waals surface area contributed by atoms with Gasteiger partial charge in [-0.3, -0.25) is 37.8 Å². The number of quaternary nitrogens is 1. The number of aliphatic hydroxyl groups excluding tert-OH is 26. The van der Waals surface area contributed by atoms with E-state index in [9.17, 15) is 171 Å². The molecule has 0 radical (unpaired) electrons. The van der Waals surface area contributed by atoms with Gasteiger partial charge in [0.15, 0.2) is 69.2 Å². The number of hydrogen-bond donors (Lipinski definition) is 33. The van der Waals surface area contributed by atoms with Crippen LogP contribution in [0.1, 0.15) is 55.4 Å². The summed E-state index contributed by atoms with van der Waals surface area (Å²) in [4.78, 5) is 89.9. The van der Waals surface area contributed by atoms with Crippen molar-refractivity contribution in [2.24, 2.45) is 0 Å². The monoisotopic (exact) mass is 2180 g/mol. The fourth-order valence-corrected chi connectivity index (χ4v) is 19.4. The maximum atomic E-state index is 13.8. The Morgan fingerprint density at radius 2 is 0.547 bits per heavy atom. The van der Waals surface area contributed by atoms with Gasteiger partial charge in [0.2, 0.25) is 35.4 Å². The van der Waals surface area contributed by atoms with Crippen LogP contribution in [-0.2, 0) is 142 Å². The highest BCUT2D eigenvalue weighted by atomic mass is 31.2. The molecular formula is C83H143N7O57P+. The van der Waals surface area contributed by atoms with Crippen molar-refractivity contribution < 1.29 is 284 Å². The van der Waals surface area contributed by atoms with E-state index < -0.39 is 447 Å². The molecule has 0 aromatic carbocycles. The number of rotatable bonds is 41. The van der Waals surface area contributed by atoms with Crippen molar-refractivity contribution in [3.05, 3.63) is 0 Å². The maximum Gasteiger partial charge on any atom is 0.472 e. The van der Waals surface area contributed by atoms with Gasteiger partial charge in [-0.1, -0.05) is 0 Å². The average molecular weight is 2180 g/mol. The van der Waals surface area contributed by atoms with Crippen molar-refractivity contribution in [3.63, 3.8) is 0 Å². The molecule has 6 amide bonds. The number of hydrogen-bond acceptors (Lipinski definition) is 56. The molecule has 0 spiro atoms. The SMILES string of the molecule is CC(=O)N[C@@H]1[C@@H](O[C@@H]2O[C@@H](C)[C@@H](O)[C@@H](O)[C@@H]2O)[C@H](O[C@@H]2O[C@H](CO)[C@@H](O[C@@H]3O[C@H](CO[C@H]4O[C@H](CO)[C@@H](O)[C@H](O)[C@@H]4O[C@@H]4O[C@H](CO)[C@@H](O[C@@H]5O[C@H](CO)[C@H](O)[C@H](O)[C@H]5NC(C)=O)[C@H](O)[C@H]4NC(C)=O)[C@@H](O)[C@H](O[C@H]4O[C@H](CO)[C@@H](O)[C@H](O)[C@@H]4O[C@@H]4O[C@H](COP(=O)(O)OCC[N+](C)(C)C)[C@@H](O[C@@H]5O[C@H](CO)[C@H](O)[C@H](O)[C@H]5NC(C)=O)[C@H](O)[C@H]4NC(C)=O)[C@@H]3O)[C@H](O)[C@H]2NC(C)=O)[C@@H](CO[C@@H]2O[C@@H](C)[C@@H](O)[C@@H](O)[C@@H]2O)O[C@H]1O. The summed E-state index contributed by atoms with van der Waals surface area (Å²) in [6.45, 7) is -2.91. The van der Waals surface area contributed by atoms with Gasteiger partial charge in [0.25, 0.3) is 0 Å². The van der Waals surface area contributed by atoms with Crippen LogP contribution in [0.4, 0.5) is 0 Å². The fourth-order valence-electron chi connectivity index (χ4n) is 18.6. The third kappa shape index (κ3) is 29.3. The molecular weight excluding hydrogens is 2040 g/mol. The number of carbonyl (C=O) groups is 6. The molecule has 11 aliphatic rings. The lowest BCUT2D eigenvalue weighted by Crippen LogP contribution is -2.71. The molecule has 56 atom stereocenters. The van der Waals surface area contributed by atoms with Gasteiger partial charge in [-0.2, -0.15) is 0 Å². The number of likely N-dealkylation sites (N-methyl/N-ethyl adjacent to an activating group) is 1. The first-order chi connectivity index (χ1) is 69.5. The quantitative estimate of drug-likeness (QED) is 0.0200. The zero-order chi connectivity index (χ0) is 110. The number of phosphoric ester groups is 1. The van der Waals surface area contributed by atoms with Crippen molar-refractivity contribution in [1.29, 1.82) is 0 Å². The largest absolute Gasteiger partial charge is 0.472 e. The Bertz CT molecular complexity index is 4260. The van der Waals surface area contributed by atoms with Crippen LogP contribution in [0.25, 0.3) is 0 Å². The van der Waals surface area contributed by atoms with Crippen LogP contribution in [0.15, 0.2) is 0 Å². The Kier molecular flexibility index (Phi) is 44.4. The second-order valence-electron chi connectivity index (χ2n) is 38.7. The van der Waals surface area contributed by atoms with Crippen molar-refractivity contribution in [3.8, 4) is 0 Å². The predicted molar refractivity (Wildman–Crippen MR) is 467 cm³/mol. The Hall–Kier alpha value is -4.99. The molecule has 33 N–H and O–H groups in total. The predicted octanol–water partition coefficient (Wildman–Crippen LogP) is -21.2. The molecule has 64 nitrogen and oxygen atoms in total. The highest BCUT2D eigenvalue weighted by Crippen LogP contribution is 2.46. The Balaban J connectivity index is 0.980. The number of aliphatic hydroxyl groups is 26. The molecule has 11 heterocycles. The third-order valence-electron chi connectivity index (χ3n) is 26.5. The molecule has 1 unspecified atom stereocenters. The minimum absolute atomic E-state index is 0.0737. The van der Waals surface area contributed by atoms with Crippen molar-refractivity contribution in [2.45, 2.75) is 393 Å². The summed E-state index contributed by atoms with van der Waals surface area (Å²) in [6.07, 6.45) is -105. The van der Waals surface area contributed by atoms with Gasteiger partial charge in [-0.25, -0.2) is 4.57 Å². The molecule has 11 saturated heterocycles. The molecule has 11 aliphatic heterocycles. The lowest BCUT2D eigenvalue weighted by Gasteiger charge is -2.52. The van der Waals surface area contributed by atoms with Crippen molar-refractivity contribution in [2.75, 3.05) is 93.8 Å². The first kappa shape index (κ1) is 123. The zero-order valence-electron chi connectivity index (χ0n) is 81.7. The smallest absolute Gasteiger partial charge is 0.394 e. The number of nitrogens with zero attached hydrogens (tertiary/aromatic N) is 1. The van der Waals surface area contributed by atoms with Crippen LogP contribution in [-0.4, -0.2) is 609 Å². The Morgan fingerprint density at radius 3 is 0.959 bits per heavy atom. The standard InChI is InChI=1S/C83H142N7O57P/c1-23-46(103)58(115)62(119)79(129-23)125-21-38-68(69(45(73(122)131-38)89-30(8)102)144-80-63(120)59(116)47(104)24(2)130-80)143-76-42(86-27(5)99)56(113)66(36(19-96)136-76)142-81-64(121)70(52(109)37(138-81)20-126-82-71(60(117)50(107)33(16-93)134-82)146-77-43(87-28(6)100)55(112)65(35(18-95)137-77)140-74-40(84-25(3)97)53(110)48(105)31(14-91)132-74)145-83-72(61(118)51(108)34(17-94)135-83)147-78-44(88-29(7)101)57(114)67(39(139-78)22-128-148(123,124)127-13-12-90(9,10)11)141-75-41(85-26(4)98)54(111)49(106)32(15-92)133-75/h23-24,31-83,91-96,103-122H,12-22H2,1-11H3,(H6-,84,85,86,87,88,89,97,98,99,100,101,102,123,124)/p+1/t23-,24-,31+,32+,33+,34+,35+,36+,37+,38+,39+,40+,41+,42+,43+,44+,45+,46+,47+,48-,49-,50+,51+,52+,53+,54+,55+,56+,57+,58+,59+,60-,61-,62-,63-,64-,65+,66+,67+,68+,69+,70-,71-,72-,73+,74-,75-,76-,77-,78-,79+,80-,81-,82-,83+/m0/s1. The number of phosphoric acid groups is 1. The molecule has 65 heteroatoms. The minimum Gasteiger partial charge on any atom is -0.394 e. The minimum atomic E-state index is -5.29. The van der Waals surface area contributed by atoms with E-state index in [0.717, 1.165) is 41.5 Å². The van der Waals surface area contributed by atoms with Crippen LogP contribution >= 0.6 is 7.82 Å². The molecule has 856 valence electrons. The van der Waals surface area contributed by atoms with Crippen LogP contribution in [0.3, 0.4) is 0 Å². The highest BCUT2D eigenvalue weighted by Gasteiger charge is 2.64. The van der Waals surface area contributed by atoms with Crippen LogP contribution < -0.4 is 31.9 Å². The Morgan fingerprint density at radius 1 is 0.257 bits per heavy atom. The maximum absolute atomic E-state index is 13.8. The normalized spacial score (nSPS) is 46.7. The number of ether oxygens (including phenoxy) is 21. The summed E-state index contributed by atoms with van der Waals surface area (Å²) in [5.74, 6) is -5.79. The lowest BCUT2D eigenvalue weighted by molar-refractivity contribution is -0.870. The molecule has 11 fully saturated rings. The summed E-state index contributed by atoms with van der Waals surface area (Å²) in [5, 5.41) is 313. The average Bonchev–Trinajstić information content (AvgIpc) is 0.762. The van der Waals surface area contributed by atoms with Crippen molar-refractivity contribution >= 4 is 43.3 Å². The van der Waals surface area contributed by atoms with E-state index in [2.05, 4.69) is 31.9 Å². The molecule has 11 rings (SSSR count). The van der Waals surface area contributed by atoms with E-state index in [0.29, 0.717) is 0 Å². The van der Waals surface area contributed by atoms with E-state index in [-0.39, 0.29) is 11.0 Å². The summed E-state index contributed by atoms with van der Waals surface area (Å²) in [5.41, 5.74) is 0. The highest BCUT2D eigenvalue weighted by molar-refractivity contribution is 7.47. The van der Waals surface area contributed by atoms with Crippen LogP contribution in [0.5, 0.6) is 0 Å². The van der Waals surface area contributed by atoms with Gasteiger partial charge >= 0.3 is 7.82 Å². The van der Waals surface area contributed by atoms with E-state index in [1.807, 2.05) is 0 Å². The molecule has 0 aromatic heterocycles. The van der Waals surface area contributed by atoms with E-state index in [1.165, 1.54) is 13.8 Å². The number of amides is 6. The van der Waals surface area contributed by atoms with E-state index >= 15 is 0 Å². The third-order valence-corrected chi connectivity index (χ3v) is 27.5. The topological polar surface area (TPSA) is 950 Å².